The maximum absolute atomic E-state index is 13.8. The molecule has 1 aromatic heterocycles. The van der Waals surface area contributed by atoms with E-state index in [4.69, 9.17) is 9.84 Å². The molecule has 3 N–H and O–H groups in total. The van der Waals surface area contributed by atoms with Crippen molar-refractivity contribution in [2.75, 3.05) is 17.2 Å². The number of nitrogens with one attached hydrogen (secondary N) is 2. The molecule has 0 saturated heterocycles. The number of hydrogen-bond donors (Lipinski definition) is 3. The highest BCUT2D eigenvalue weighted by Gasteiger charge is 2.20. The Morgan fingerprint density at radius 3 is 2.42 bits per heavy atom. The molecule has 3 aromatic rings. The Hall–Kier alpha value is -3.45. The molecule has 0 aliphatic rings. The van der Waals surface area contributed by atoms with E-state index in [9.17, 15) is 9.18 Å². The van der Waals surface area contributed by atoms with Crippen LogP contribution in [0.4, 0.5) is 20.6 Å². The maximum Gasteiger partial charge on any atom is 0.323 e. The van der Waals surface area contributed by atoms with E-state index in [1.807, 2.05) is 51.1 Å². The van der Waals surface area contributed by atoms with Crippen molar-refractivity contribution in [1.82, 2.24) is 4.98 Å². The second-order valence-corrected chi connectivity index (χ2v) is 8.08. The second-order valence-electron chi connectivity index (χ2n) is 8.08. The molecule has 3 rings (SSSR count). The van der Waals surface area contributed by atoms with Crippen LogP contribution in [0.25, 0.3) is 0 Å². The fourth-order valence-electron chi connectivity index (χ4n) is 3.04. The number of aliphatic hydroxyl groups is 1. The van der Waals surface area contributed by atoms with Gasteiger partial charge in [0.05, 0.1) is 0 Å². The first kappa shape index (κ1) is 22.2. The van der Waals surface area contributed by atoms with E-state index < -0.39 is 12.0 Å². The number of para-hydroxylation sites is 1. The van der Waals surface area contributed by atoms with Gasteiger partial charge in [0.2, 0.25) is 11.8 Å². The van der Waals surface area contributed by atoms with Crippen LogP contribution in [-0.4, -0.2) is 22.7 Å². The van der Waals surface area contributed by atoms with Gasteiger partial charge in [0.1, 0.15) is 11.4 Å². The van der Waals surface area contributed by atoms with Gasteiger partial charge in [-0.3, -0.25) is 0 Å². The zero-order valence-corrected chi connectivity index (χ0v) is 17.8. The molecule has 0 fully saturated rings. The molecule has 0 unspecified atom stereocenters. The van der Waals surface area contributed by atoms with E-state index in [2.05, 4.69) is 15.6 Å². The van der Waals surface area contributed by atoms with Crippen LogP contribution in [-0.2, 0) is 11.8 Å². The predicted octanol–water partition coefficient (Wildman–Crippen LogP) is 5.49. The molecule has 0 atom stereocenters. The fourth-order valence-corrected chi connectivity index (χ4v) is 3.04. The van der Waals surface area contributed by atoms with Gasteiger partial charge >= 0.3 is 6.03 Å². The molecular formula is C24H26FN3O3. The van der Waals surface area contributed by atoms with Crippen LogP contribution in [0.1, 0.15) is 31.9 Å². The van der Waals surface area contributed by atoms with E-state index in [1.54, 1.807) is 18.2 Å². The third-order valence-corrected chi connectivity index (χ3v) is 4.59. The highest BCUT2D eigenvalue weighted by atomic mass is 18.2. The molecule has 0 spiro atoms. The zero-order chi connectivity index (χ0) is 22.4. The minimum atomic E-state index is -0.714. The number of nitrogens with zero attached hydrogens (tertiary/aromatic N) is 1. The summed E-state index contributed by atoms with van der Waals surface area (Å²) >= 11 is 0. The third-order valence-electron chi connectivity index (χ3n) is 4.59. The summed E-state index contributed by atoms with van der Waals surface area (Å²) in [5.41, 5.74) is 2.51. The number of anilines is 2. The van der Waals surface area contributed by atoms with E-state index in [0.29, 0.717) is 17.9 Å². The summed E-state index contributed by atoms with van der Waals surface area (Å²) in [6.45, 7) is 6.21. The van der Waals surface area contributed by atoms with E-state index in [0.717, 1.165) is 17.2 Å². The van der Waals surface area contributed by atoms with Gasteiger partial charge in [-0.25, -0.2) is 4.79 Å². The topological polar surface area (TPSA) is 83.5 Å². The SMILES string of the molecule is CC(C)(C)c1ccccc1Oc1nc([18F])ccc1NC(=O)Nc1ccc(CCO)cc1. The Labute approximate surface area is 181 Å². The van der Waals surface area contributed by atoms with Crippen LogP contribution >= 0.6 is 0 Å². The van der Waals surface area contributed by atoms with E-state index >= 15 is 0 Å². The quantitative estimate of drug-likeness (QED) is 0.459. The first-order chi connectivity index (χ1) is 14.8. The Bertz CT molecular complexity index is 1050. The number of pyridine rings is 1. The van der Waals surface area contributed by atoms with Gasteiger partial charge in [-0.05, 0) is 47.7 Å². The van der Waals surface area contributed by atoms with Crippen LogP contribution in [0.15, 0.2) is 60.7 Å². The van der Waals surface area contributed by atoms with Gasteiger partial charge in [0.25, 0.3) is 0 Å². The Morgan fingerprint density at radius 2 is 1.74 bits per heavy atom. The monoisotopic (exact) mass is 422 g/mol. The summed E-state index contributed by atoms with van der Waals surface area (Å²) in [4.78, 5) is 16.3. The lowest BCUT2D eigenvalue weighted by Gasteiger charge is -2.22. The Balaban J connectivity index is 1.78. The molecular weight excluding hydrogens is 396 g/mol. The molecule has 1 heterocycles. The Kier molecular flexibility index (Phi) is 6.87. The minimum absolute atomic E-state index is 0.0369. The van der Waals surface area contributed by atoms with Crippen molar-refractivity contribution in [3.8, 4) is 11.6 Å². The molecule has 0 radical (unpaired) electrons. The largest absolute Gasteiger partial charge is 0.437 e. The second kappa shape index (κ2) is 9.57. The summed E-state index contributed by atoms with van der Waals surface area (Å²) in [7, 11) is 0. The molecule has 0 aliphatic carbocycles. The van der Waals surface area contributed by atoms with Crippen LogP contribution in [0.2, 0.25) is 0 Å². The smallest absolute Gasteiger partial charge is 0.323 e. The third kappa shape index (κ3) is 6.02. The predicted molar refractivity (Wildman–Crippen MR) is 119 cm³/mol. The van der Waals surface area contributed by atoms with Gasteiger partial charge in [-0.15, -0.1) is 0 Å². The molecule has 2 aromatic carbocycles. The molecule has 162 valence electrons. The number of amides is 2. The van der Waals surface area contributed by atoms with Gasteiger partial charge in [0.15, 0.2) is 0 Å². The number of aliphatic hydroxyl groups excluding tert-OH is 1. The number of hydrogen-bond acceptors (Lipinski definition) is 4. The van der Waals surface area contributed by atoms with Crippen molar-refractivity contribution in [3.63, 3.8) is 0 Å². The van der Waals surface area contributed by atoms with Crippen molar-refractivity contribution in [2.45, 2.75) is 32.6 Å². The van der Waals surface area contributed by atoms with Crippen molar-refractivity contribution in [2.24, 2.45) is 0 Å². The molecule has 2 amide bonds. The zero-order valence-electron chi connectivity index (χ0n) is 17.8. The van der Waals surface area contributed by atoms with Gasteiger partial charge in [-0.1, -0.05) is 51.1 Å². The van der Waals surface area contributed by atoms with Crippen molar-refractivity contribution in [1.29, 1.82) is 0 Å². The molecule has 6 nitrogen and oxygen atoms in total. The summed E-state index contributed by atoms with van der Waals surface area (Å²) < 4.78 is 19.8. The number of aromatic nitrogens is 1. The number of halogens is 1. The van der Waals surface area contributed by atoms with Gasteiger partial charge in [0, 0.05) is 17.9 Å². The minimum Gasteiger partial charge on any atom is -0.437 e. The van der Waals surface area contributed by atoms with Crippen LogP contribution in [0, 0.1) is 5.95 Å². The molecule has 31 heavy (non-hydrogen) atoms. The van der Waals surface area contributed by atoms with Gasteiger partial charge in [-0.2, -0.15) is 9.37 Å². The number of carbonyl (C=O) groups is 1. The number of rotatable bonds is 6. The van der Waals surface area contributed by atoms with Crippen LogP contribution in [0.5, 0.6) is 11.6 Å². The van der Waals surface area contributed by atoms with Crippen molar-refractivity contribution < 1.29 is 19.0 Å². The first-order valence-corrected chi connectivity index (χ1v) is 9.98. The standard InChI is InChI=1S/C24H26FN3O3/c1-24(2,3)18-6-4-5-7-20(18)31-22-19(12-13-21(25)28-22)27-23(30)26-17-10-8-16(9-11-17)14-15-29/h4-13,29H,14-15H2,1-3H3,(H2,26,27,30)/i25-1. The van der Waals surface area contributed by atoms with Crippen LogP contribution < -0.4 is 15.4 Å². The molecule has 7 heteroatoms. The van der Waals surface area contributed by atoms with Crippen LogP contribution in [0.3, 0.4) is 0 Å². The van der Waals surface area contributed by atoms with Gasteiger partial charge < -0.3 is 20.5 Å². The summed E-state index contributed by atoms with van der Waals surface area (Å²) in [6.07, 6.45) is 0.546. The number of carbonyl (C=O) groups excluding carboxylic acids is 1. The normalized spacial score (nSPS) is 11.1. The molecule has 0 bridgehead atoms. The summed E-state index contributed by atoms with van der Waals surface area (Å²) in [6, 6.07) is 16.6. The fraction of sp³-hybridized carbons (Fsp3) is 0.250. The lowest BCUT2D eigenvalue weighted by Crippen LogP contribution is -2.20. The summed E-state index contributed by atoms with van der Waals surface area (Å²) in [5, 5.41) is 14.4. The van der Waals surface area contributed by atoms with Crippen molar-refractivity contribution in [3.05, 3.63) is 77.7 Å². The lowest BCUT2D eigenvalue weighted by molar-refractivity contribution is 0.262. The maximum atomic E-state index is 13.8. The average Bonchev–Trinajstić information content (AvgIpc) is 2.71. The molecule has 0 saturated carbocycles. The van der Waals surface area contributed by atoms with Crippen molar-refractivity contribution >= 4 is 17.4 Å². The molecule has 0 aliphatic heterocycles. The summed E-state index contributed by atoms with van der Waals surface area (Å²) in [5.74, 6) is -0.213. The van der Waals surface area contributed by atoms with E-state index in [-0.39, 0.29) is 23.6 Å². The average molecular weight is 422 g/mol. The highest BCUT2D eigenvalue weighted by molar-refractivity contribution is 6.00. The lowest BCUT2D eigenvalue weighted by atomic mass is 9.86. The Morgan fingerprint density at radius 1 is 1.03 bits per heavy atom. The number of ether oxygens (including phenoxy) is 1. The first-order valence-electron chi connectivity index (χ1n) is 9.98. The number of benzene rings is 2. The number of urea groups is 1. The van der Waals surface area contributed by atoms with E-state index in [1.165, 1.54) is 6.07 Å². The highest BCUT2D eigenvalue weighted by Crippen LogP contribution is 2.35.